The minimum atomic E-state index is -0.992. The number of carboxylic acids is 1. The molecule has 1 fully saturated rings. The average molecular weight is 246 g/mol. The van der Waals surface area contributed by atoms with Crippen molar-refractivity contribution in [2.75, 3.05) is 6.54 Å². The van der Waals surface area contributed by atoms with Crippen LogP contribution in [0.2, 0.25) is 0 Å². The van der Waals surface area contributed by atoms with Gasteiger partial charge in [0.25, 0.3) is 5.91 Å². The van der Waals surface area contributed by atoms with Crippen LogP contribution in [0.15, 0.2) is 16.5 Å². The molecular weight excluding hydrogens is 234 g/mol. The van der Waals surface area contributed by atoms with Gasteiger partial charge in [-0.25, -0.2) is 4.79 Å². The molecule has 1 aromatic heterocycles. The molecule has 5 nitrogen and oxygen atoms in total. The Labute approximate surface area is 104 Å². The smallest absolute Gasteiger partial charge is 0.326 e. The van der Waals surface area contributed by atoms with Crippen molar-refractivity contribution in [1.82, 2.24) is 4.90 Å². The van der Waals surface area contributed by atoms with Crippen LogP contribution >= 0.6 is 0 Å². The molecule has 1 amide bonds. The van der Waals surface area contributed by atoms with E-state index in [1.807, 2.05) is 5.92 Å². The summed E-state index contributed by atoms with van der Waals surface area (Å²) in [5.41, 5.74) is 0. The van der Waals surface area contributed by atoms with Crippen LogP contribution < -0.4 is 0 Å². The van der Waals surface area contributed by atoms with Crippen LogP contribution in [-0.4, -0.2) is 34.5 Å². The lowest BCUT2D eigenvalue weighted by Crippen LogP contribution is -2.47. The summed E-state index contributed by atoms with van der Waals surface area (Å²) in [7, 11) is 0. The van der Waals surface area contributed by atoms with E-state index in [2.05, 4.69) is 0 Å². The van der Waals surface area contributed by atoms with Crippen LogP contribution in [0.5, 0.6) is 0 Å². The molecule has 1 saturated heterocycles. The van der Waals surface area contributed by atoms with Gasteiger partial charge in [-0.3, -0.25) is 4.79 Å². The molecule has 1 aliphatic rings. The lowest BCUT2D eigenvalue weighted by molar-refractivity contribution is -0.143. The fourth-order valence-corrected chi connectivity index (χ4v) is 2.09. The number of hydrogen-bond acceptors (Lipinski definition) is 3. The predicted octanol–water partition coefficient (Wildman–Crippen LogP) is 1.30. The Balaban J connectivity index is 2.21. The van der Waals surface area contributed by atoms with Crippen molar-refractivity contribution >= 4 is 11.9 Å². The Kier molecular flexibility index (Phi) is 3.38. The summed E-state index contributed by atoms with van der Waals surface area (Å²) >= 11 is 0. The van der Waals surface area contributed by atoms with Gasteiger partial charge in [0.1, 0.15) is 6.04 Å². The van der Waals surface area contributed by atoms with Gasteiger partial charge >= 0.3 is 5.97 Å². The number of amides is 1. The summed E-state index contributed by atoms with van der Waals surface area (Å²) in [6.45, 7) is 0.417. The summed E-state index contributed by atoms with van der Waals surface area (Å²) in [4.78, 5) is 24.5. The molecular formula is C13H12NO4. The summed E-state index contributed by atoms with van der Waals surface area (Å²) in [6, 6.07) is 2.11. The van der Waals surface area contributed by atoms with Gasteiger partial charge in [0.05, 0.1) is 0 Å². The van der Waals surface area contributed by atoms with Crippen molar-refractivity contribution in [2.45, 2.75) is 25.3 Å². The van der Waals surface area contributed by atoms with Gasteiger partial charge in [-0.05, 0) is 43.7 Å². The third kappa shape index (κ3) is 2.23. The zero-order chi connectivity index (χ0) is 13.1. The standard InChI is InChI=1S/C13H12NO4/c1-2-9-6-7-11(18-9)12(15)14-8-4-3-5-10(14)13(16)17/h6-7,10H,3-5,8H2,(H,16,17). The Hall–Kier alpha value is -2.22. The second-order valence-corrected chi connectivity index (χ2v) is 4.14. The summed E-state index contributed by atoms with van der Waals surface area (Å²) in [6.07, 6.45) is 8.95. The summed E-state index contributed by atoms with van der Waals surface area (Å²) in [5, 5.41) is 9.09. The molecule has 5 heteroatoms. The number of hydrogen-bond donors (Lipinski definition) is 1. The summed E-state index contributed by atoms with van der Waals surface area (Å²) in [5.74, 6) is 0.811. The minimum absolute atomic E-state index is 0.0536. The topological polar surface area (TPSA) is 70.8 Å². The van der Waals surface area contributed by atoms with Gasteiger partial charge in [-0.1, -0.05) is 0 Å². The van der Waals surface area contributed by atoms with Gasteiger partial charge in [0, 0.05) is 6.54 Å². The highest BCUT2D eigenvalue weighted by atomic mass is 16.4. The number of piperidine rings is 1. The van der Waals surface area contributed by atoms with E-state index in [-0.39, 0.29) is 11.5 Å². The first-order valence-corrected chi connectivity index (χ1v) is 5.70. The lowest BCUT2D eigenvalue weighted by Gasteiger charge is -2.32. The molecule has 1 aromatic rings. The SMILES string of the molecule is [C]#Cc1ccc(C(=O)N2CCCCC2C(=O)O)o1. The van der Waals surface area contributed by atoms with Gasteiger partial charge < -0.3 is 14.4 Å². The molecule has 93 valence electrons. The number of nitrogens with zero attached hydrogens (tertiary/aromatic N) is 1. The van der Waals surface area contributed by atoms with Gasteiger partial charge in [0.15, 0.2) is 11.5 Å². The van der Waals surface area contributed by atoms with E-state index >= 15 is 0 Å². The highest BCUT2D eigenvalue weighted by molar-refractivity contribution is 5.94. The normalized spacial score (nSPS) is 19.3. The zero-order valence-electron chi connectivity index (χ0n) is 9.68. The van der Waals surface area contributed by atoms with E-state index in [4.69, 9.17) is 15.9 Å². The second kappa shape index (κ2) is 4.96. The molecule has 0 aromatic carbocycles. The molecule has 0 spiro atoms. The minimum Gasteiger partial charge on any atom is -0.480 e. The Bertz CT molecular complexity index is 511. The number of aliphatic carboxylic acids is 1. The molecule has 0 aliphatic carbocycles. The maximum atomic E-state index is 12.1. The molecule has 0 bridgehead atoms. The molecule has 1 unspecified atom stereocenters. The summed E-state index contributed by atoms with van der Waals surface area (Å²) < 4.78 is 5.09. The monoisotopic (exact) mass is 246 g/mol. The number of carbonyl (C=O) groups is 2. The number of rotatable bonds is 2. The van der Waals surface area contributed by atoms with E-state index < -0.39 is 17.9 Å². The van der Waals surface area contributed by atoms with E-state index in [1.54, 1.807) is 0 Å². The molecule has 1 N–H and O–H groups in total. The number of furan rings is 1. The van der Waals surface area contributed by atoms with Crippen molar-refractivity contribution in [2.24, 2.45) is 0 Å². The molecule has 2 rings (SSSR count). The fraction of sp³-hybridized carbons (Fsp3) is 0.385. The molecule has 18 heavy (non-hydrogen) atoms. The van der Waals surface area contributed by atoms with Crippen LogP contribution in [0.4, 0.5) is 0 Å². The number of carbonyl (C=O) groups excluding carboxylic acids is 1. The third-order valence-electron chi connectivity index (χ3n) is 2.99. The van der Waals surface area contributed by atoms with Gasteiger partial charge in [-0.2, -0.15) is 0 Å². The molecule has 1 aliphatic heterocycles. The van der Waals surface area contributed by atoms with Crippen molar-refractivity contribution in [3.63, 3.8) is 0 Å². The maximum Gasteiger partial charge on any atom is 0.326 e. The van der Waals surface area contributed by atoms with Crippen LogP contribution in [0.3, 0.4) is 0 Å². The average Bonchev–Trinajstić information content (AvgIpc) is 2.86. The predicted molar refractivity (Wildman–Crippen MR) is 61.3 cm³/mol. The Morgan fingerprint density at radius 1 is 1.44 bits per heavy atom. The Morgan fingerprint density at radius 2 is 2.22 bits per heavy atom. The number of carboxylic acid groups (broad SMARTS) is 1. The van der Waals surface area contributed by atoms with Crippen LogP contribution in [-0.2, 0) is 4.79 Å². The van der Waals surface area contributed by atoms with Crippen molar-refractivity contribution in [3.8, 4) is 5.92 Å². The highest BCUT2D eigenvalue weighted by Crippen LogP contribution is 2.20. The van der Waals surface area contributed by atoms with Crippen LogP contribution in [0.25, 0.3) is 0 Å². The Morgan fingerprint density at radius 3 is 2.83 bits per heavy atom. The molecule has 1 atom stereocenters. The van der Waals surface area contributed by atoms with Crippen molar-refractivity contribution in [1.29, 1.82) is 0 Å². The van der Waals surface area contributed by atoms with E-state index in [1.165, 1.54) is 17.0 Å². The van der Waals surface area contributed by atoms with E-state index in [9.17, 15) is 9.59 Å². The first kappa shape index (κ1) is 12.2. The van der Waals surface area contributed by atoms with Crippen LogP contribution in [0, 0.1) is 12.3 Å². The zero-order valence-corrected chi connectivity index (χ0v) is 9.68. The molecule has 2 heterocycles. The van der Waals surface area contributed by atoms with Crippen LogP contribution in [0.1, 0.15) is 35.6 Å². The van der Waals surface area contributed by atoms with Gasteiger partial charge in [-0.15, -0.1) is 0 Å². The van der Waals surface area contributed by atoms with Crippen molar-refractivity contribution in [3.05, 3.63) is 30.1 Å². The van der Waals surface area contributed by atoms with E-state index in [0.29, 0.717) is 13.0 Å². The quantitative estimate of drug-likeness (QED) is 0.798. The van der Waals surface area contributed by atoms with Gasteiger partial charge in [0.2, 0.25) is 0 Å². The van der Waals surface area contributed by atoms with Crippen molar-refractivity contribution < 1.29 is 19.1 Å². The first-order valence-electron chi connectivity index (χ1n) is 5.70. The molecule has 0 saturated carbocycles. The second-order valence-electron chi connectivity index (χ2n) is 4.14. The number of likely N-dealkylation sites (tertiary alicyclic amines) is 1. The lowest BCUT2D eigenvalue weighted by atomic mass is 10.0. The molecule has 1 radical (unpaired) electrons. The largest absolute Gasteiger partial charge is 0.480 e. The fourth-order valence-electron chi connectivity index (χ4n) is 2.09. The third-order valence-corrected chi connectivity index (χ3v) is 2.99. The first-order chi connectivity index (χ1) is 8.63. The van der Waals surface area contributed by atoms with E-state index in [0.717, 1.165) is 12.8 Å². The maximum absolute atomic E-state index is 12.1. The highest BCUT2D eigenvalue weighted by Gasteiger charge is 2.33.